The van der Waals surface area contributed by atoms with Crippen LogP contribution in [0.25, 0.3) is 22.0 Å². The number of benzene rings is 2. The van der Waals surface area contributed by atoms with Gasteiger partial charge in [0.2, 0.25) is 0 Å². The van der Waals surface area contributed by atoms with Crippen molar-refractivity contribution in [2.75, 3.05) is 11.9 Å². The van der Waals surface area contributed by atoms with Crippen LogP contribution in [0, 0.1) is 23.5 Å². The molecule has 0 aliphatic carbocycles. The maximum absolute atomic E-state index is 15.4. The number of halogens is 2. The summed E-state index contributed by atoms with van der Waals surface area (Å²) in [6.07, 6.45) is 5.88. The van der Waals surface area contributed by atoms with Gasteiger partial charge >= 0.3 is 0 Å². The summed E-state index contributed by atoms with van der Waals surface area (Å²) in [5, 5.41) is 3.10. The lowest BCUT2D eigenvalue weighted by Crippen LogP contribution is -2.29. The van der Waals surface area contributed by atoms with E-state index < -0.39 is 17.5 Å². The van der Waals surface area contributed by atoms with Crippen LogP contribution >= 0.6 is 0 Å². The van der Waals surface area contributed by atoms with Crippen LogP contribution in [0.4, 0.5) is 14.6 Å². The molecule has 2 amide bonds. The highest BCUT2D eigenvalue weighted by Gasteiger charge is 2.31. The van der Waals surface area contributed by atoms with Gasteiger partial charge in [-0.25, -0.2) is 23.7 Å². The minimum absolute atomic E-state index is 0.181. The lowest BCUT2D eigenvalue weighted by Gasteiger charge is -2.24. The van der Waals surface area contributed by atoms with E-state index in [2.05, 4.69) is 32.1 Å². The molecule has 1 unspecified atom stereocenters. The topological polar surface area (TPSA) is 88.1 Å². The Morgan fingerprint density at radius 2 is 1.92 bits per heavy atom. The van der Waals surface area contributed by atoms with Gasteiger partial charge in [-0.3, -0.25) is 9.59 Å². The number of rotatable bonds is 4. The molecule has 9 heteroatoms. The Balaban J connectivity index is 1.57. The number of hydrogen-bond donors (Lipinski definition) is 1. The molecule has 5 rings (SSSR count). The molecule has 184 valence electrons. The number of fused-ring (bicyclic) bond motifs is 1. The van der Waals surface area contributed by atoms with Gasteiger partial charge in [-0.05, 0) is 67.6 Å². The number of amides is 2. The van der Waals surface area contributed by atoms with Crippen LogP contribution < -0.4 is 5.32 Å². The Hall–Kier alpha value is -4.71. The fourth-order valence-corrected chi connectivity index (χ4v) is 4.65. The van der Waals surface area contributed by atoms with Crippen LogP contribution in [0.5, 0.6) is 0 Å². The molecule has 7 nitrogen and oxygen atoms in total. The molecule has 0 saturated carbocycles. The molecule has 0 radical (unpaired) electrons. The molecule has 1 aliphatic heterocycles. The predicted molar refractivity (Wildman–Crippen MR) is 134 cm³/mol. The van der Waals surface area contributed by atoms with E-state index in [0.29, 0.717) is 29.4 Å². The van der Waals surface area contributed by atoms with Gasteiger partial charge in [0.25, 0.3) is 11.8 Å². The second-order valence-corrected chi connectivity index (χ2v) is 8.54. The van der Waals surface area contributed by atoms with E-state index in [1.165, 1.54) is 12.5 Å². The normalized spacial score (nSPS) is 14.8. The summed E-state index contributed by atoms with van der Waals surface area (Å²) in [5.74, 6) is 2.68. The summed E-state index contributed by atoms with van der Waals surface area (Å²) in [5.41, 5.74) is 1.05. The zero-order valence-corrected chi connectivity index (χ0v) is 19.8. The summed E-state index contributed by atoms with van der Waals surface area (Å²) in [6, 6.07) is 9.82. The zero-order valence-electron chi connectivity index (χ0n) is 19.8. The quantitative estimate of drug-likeness (QED) is 0.405. The minimum Gasteiger partial charge on any atom is -0.325 e. The third-order valence-electron chi connectivity index (χ3n) is 6.24. The van der Waals surface area contributed by atoms with Gasteiger partial charge in [0, 0.05) is 35.5 Å². The van der Waals surface area contributed by atoms with Crippen LogP contribution in [-0.2, 0) is 4.79 Å². The molecule has 1 atom stereocenters. The maximum atomic E-state index is 15.4. The first kappa shape index (κ1) is 24.0. The molecule has 3 heterocycles. The average Bonchev–Trinajstić information content (AvgIpc) is 3.38. The van der Waals surface area contributed by atoms with Gasteiger partial charge in [-0.1, -0.05) is 12.0 Å². The van der Waals surface area contributed by atoms with Crippen molar-refractivity contribution in [1.29, 1.82) is 0 Å². The third-order valence-corrected chi connectivity index (χ3v) is 6.24. The third kappa shape index (κ3) is 4.74. The molecule has 1 saturated heterocycles. The standard InChI is InChI=1S/C28H21F2N5O2/c1-2-6-25(36)35-10-5-7-23(35)20-12-17(11-19-15-31-16-33-27(19)20)26-21(29)13-18(14-22(26)30)28(37)34-24-8-3-4-9-32-24/h3-4,8-9,11-16,23H,5,7,10H2,1H3,(H,32,34,37). The first-order chi connectivity index (χ1) is 18.0. The van der Waals surface area contributed by atoms with Gasteiger partial charge in [0.15, 0.2) is 0 Å². The van der Waals surface area contributed by atoms with Crippen LogP contribution in [-0.4, -0.2) is 38.2 Å². The van der Waals surface area contributed by atoms with E-state index in [-0.39, 0.29) is 34.5 Å². The van der Waals surface area contributed by atoms with Gasteiger partial charge in [0.05, 0.1) is 17.1 Å². The molecular formula is C28H21F2N5O2. The SMILES string of the molecule is CC#CC(=O)N1CCCC1c1cc(-c2c(F)cc(C(=O)Nc3ccccn3)cc2F)cc2cncnc12. The van der Waals surface area contributed by atoms with Gasteiger partial charge in [0.1, 0.15) is 23.8 Å². The summed E-state index contributed by atoms with van der Waals surface area (Å²) in [7, 11) is 0. The molecule has 1 aliphatic rings. The van der Waals surface area contributed by atoms with Gasteiger partial charge in [-0.2, -0.15) is 0 Å². The van der Waals surface area contributed by atoms with Crippen molar-refractivity contribution in [2.45, 2.75) is 25.8 Å². The van der Waals surface area contributed by atoms with Gasteiger partial charge < -0.3 is 10.2 Å². The number of carbonyl (C=O) groups excluding carboxylic acids is 2. The van der Waals surface area contributed by atoms with Crippen molar-refractivity contribution in [3.8, 4) is 23.0 Å². The number of nitrogens with zero attached hydrogens (tertiary/aromatic N) is 4. The van der Waals surface area contributed by atoms with E-state index >= 15 is 8.78 Å². The fourth-order valence-electron chi connectivity index (χ4n) is 4.65. The van der Waals surface area contributed by atoms with E-state index in [1.807, 2.05) is 0 Å². The Bertz CT molecular complexity index is 1560. The number of nitrogens with one attached hydrogen (secondary N) is 1. The second kappa shape index (κ2) is 10.1. The molecule has 0 spiro atoms. The lowest BCUT2D eigenvalue weighted by atomic mass is 9.94. The summed E-state index contributed by atoms with van der Waals surface area (Å²) >= 11 is 0. The Morgan fingerprint density at radius 3 is 2.65 bits per heavy atom. The highest BCUT2D eigenvalue weighted by Crippen LogP contribution is 2.39. The van der Waals surface area contributed by atoms with Crippen LogP contribution in [0.2, 0.25) is 0 Å². The average molecular weight is 498 g/mol. The van der Waals surface area contributed by atoms with E-state index in [9.17, 15) is 9.59 Å². The molecule has 2 aromatic carbocycles. The van der Waals surface area contributed by atoms with E-state index in [4.69, 9.17) is 0 Å². The fraction of sp³-hybridized carbons (Fsp3) is 0.179. The van der Waals surface area contributed by atoms with Gasteiger partial charge in [-0.15, -0.1) is 0 Å². The monoisotopic (exact) mass is 497 g/mol. The number of likely N-dealkylation sites (tertiary alicyclic amines) is 1. The van der Waals surface area contributed by atoms with Crippen molar-refractivity contribution in [2.24, 2.45) is 0 Å². The Morgan fingerprint density at radius 1 is 1.11 bits per heavy atom. The molecule has 1 fully saturated rings. The zero-order chi connectivity index (χ0) is 25.9. The van der Waals surface area contributed by atoms with Crippen LogP contribution in [0.3, 0.4) is 0 Å². The highest BCUT2D eigenvalue weighted by molar-refractivity contribution is 6.04. The summed E-state index contributed by atoms with van der Waals surface area (Å²) in [6.45, 7) is 2.12. The Kier molecular flexibility index (Phi) is 6.56. The van der Waals surface area contributed by atoms with E-state index in [1.54, 1.807) is 48.4 Å². The largest absolute Gasteiger partial charge is 0.325 e. The second-order valence-electron chi connectivity index (χ2n) is 8.54. The number of pyridine rings is 1. The number of aromatic nitrogens is 3. The molecular weight excluding hydrogens is 476 g/mol. The van der Waals surface area contributed by atoms with Crippen molar-refractivity contribution in [1.82, 2.24) is 19.9 Å². The molecule has 2 aromatic heterocycles. The van der Waals surface area contributed by atoms with Crippen molar-refractivity contribution in [3.05, 3.63) is 83.9 Å². The first-order valence-corrected chi connectivity index (χ1v) is 11.6. The van der Waals surface area contributed by atoms with Crippen molar-refractivity contribution >= 4 is 28.5 Å². The number of hydrogen-bond acceptors (Lipinski definition) is 5. The number of carbonyl (C=O) groups is 2. The molecule has 4 aromatic rings. The summed E-state index contributed by atoms with van der Waals surface area (Å²) in [4.78, 5) is 39.3. The minimum atomic E-state index is -0.899. The summed E-state index contributed by atoms with van der Waals surface area (Å²) < 4.78 is 30.7. The number of anilines is 1. The van der Waals surface area contributed by atoms with E-state index in [0.717, 1.165) is 18.6 Å². The molecule has 1 N–H and O–H groups in total. The predicted octanol–water partition coefficient (Wildman–Crippen LogP) is 4.91. The lowest BCUT2D eigenvalue weighted by molar-refractivity contribution is -0.125. The van der Waals surface area contributed by atoms with Crippen molar-refractivity contribution in [3.63, 3.8) is 0 Å². The maximum Gasteiger partial charge on any atom is 0.298 e. The van der Waals surface area contributed by atoms with Crippen LogP contribution in [0.1, 0.15) is 41.7 Å². The smallest absolute Gasteiger partial charge is 0.298 e. The highest BCUT2D eigenvalue weighted by atomic mass is 19.1. The van der Waals surface area contributed by atoms with Crippen molar-refractivity contribution < 1.29 is 18.4 Å². The Labute approximate surface area is 211 Å². The molecule has 0 bridgehead atoms. The van der Waals surface area contributed by atoms with Crippen LogP contribution in [0.15, 0.2) is 61.2 Å². The molecule has 37 heavy (non-hydrogen) atoms. The first-order valence-electron chi connectivity index (χ1n) is 11.6.